The van der Waals surface area contributed by atoms with Crippen molar-refractivity contribution in [3.05, 3.63) is 59.3 Å². The van der Waals surface area contributed by atoms with Gasteiger partial charge < -0.3 is 10.1 Å². The number of methoxy groups -OCH3 is 1. The Morgan fingerprint density at radius 3 is 2.67 bits per heavy atom. The van der Waals surface area contributed by atoms with Gasteiger partial charge in [0.25, 0.3) is 0 Å². The van der Waals surface area contributed by atoms with E-state index < -0.39 is 0 Å². The minimum Gasteiger partial charge on any atom is -0.380 e. The van der Waals surface area contributed by atoms with E-state index in [0.29, 0.717) is 6.61 Å². The standard InChI is InChI=1S/C15H18N2O/c1-12-5-3-8-15(17-12)16-10-13-6-4-7-14(9-13)11-18-2/h3-9H,10-11H2,1-2H3,(H,16,17). The molecule has 3 nitrogen and oxygen atoms in total. The van der Waals surface area contributed by atoms with Gasteiger partial charge in [0, 0.05) is 19.3 Å². The van der Waals surface area contributed by atoms with Gasteiger partial charge in [-0.25, -0.2) is 4.98 Å². The molecular formula is C15H18N2O. The van der Waals surface area contributed by atoms with E-state index in [9.17, 15) is 0 Å². The molecule has 1 N–H and O–H groups in total. The molecule has 0 aliphatic heterocycles. The fourth-order valence-electron chi connectivity index (χ4n) is 1.83. The summed E-state index contributed by atoms with van der Waals surface area (Å²) in [5, 5.41) is 3.32. The Bertz CT molecular complexity index is 511. The Labute approximate surface area is 108 Å². The van der Waals surface area contributed by atoms with Crippen LogP contribution in [0.4, 0.5) is 5.82 Å². The lowest BCUT2D eigenvalue weighted by atomic mass is 10.1. The van der Waals surface area contributed by atoms with Gasteiger partial charge in [0.2, 0.25) is 0 Å². The average Bonchev–Trinajstić information content (AvgIpc) is 2.37. The molecule has 0 fully saturated rings. The third-order valence-electron chi connectivity index (χ3n) is 2.66. The number of hydrogen-bond donors (Lipinski definition) is 1. The summed E-state index contributed by atoms with van der Waals surface area (Å²) in [5.41, 5.74) is 3.44. The van der Waals surface area contributed by atoms with Crippen LogP contribution in [0, 0.1) is 6.92 Å². The van der Waals surface area contributed by atoms with Gasteiger partial charge in [-0.05, 0) is 30.2 Å². The normalized spacial score (nSPS) is 10.3. The minimum absolute atomic E-state index is 0.649. The zero-order valence-corrected chi connectivity index (χ0v) is 10.8. The lowest BCUT2D eigenvalue weighted by Crippen LogP contribution is -2.02. The maximum Gasteiger partial charge on any atom is 0.126 e. The molecule has 0 spiro atoms. The van der Waals surface area contributed by atoms with Gasteiger partial charge in [-0.3, -0.25) is 0 Å². The summed E-state index contributed by atoms with van der Waals surface area (Å²) in [7, 11) is 1.71. The monoisotopic (exact) mass is 242 g/mol. The van der Waals surface area contributed by atoms with Crippen LogP contribution in [0.5, 0.6) is 0 Å². The van der Waals surface area contributed by atoms with Crippen molar-refractivity contribution in [3.63, 3.8) is 0 Å². The summed E-state index contributed by atoms with van der Waals surface area (Å²) in [4.78, 5) is 4.41. The summed E-state index contributed by atoms with van der Waals surface area (Å²) in [6, 6.07) is 14.3. The Morgan fingerprint density at radius 1 is 1.11 bits per heavy atom. The molecule has 3 heteroatoms. The van der Waals surface area contributed by atoms with E-state index in [1.165, 1.54) is 11.1 Å². The van der Waals surface area contributed by atoms with Crippen LogP contribution in [0.25, 0.3) is 0 Å². The maximum atomic E-state index is 5.13. The second-order valence-electron chi connectivity index (χ2n) is 4.27. The molecule has 1 aromatic heterocycles. The highest BCUT2D eigenvalue weighted by atomic mass is 16.5. The van der Waals surface area contributed by atoms with E-state index in [4.69, 9.17) is 4.74 Å². The Hall–Kier alpha value is -1.87. The first-order valence-electron chi connectivity index (χ1n) is 6.02. The highest BCUT2D eigenvalue weighted by molar-refractivity contribution is 5.36. The van der Waals surface area contributed by atoms with Crippen LogP contribution in [0.1, 0.15) is 16.8 Å². The van der Waals surface area contributed by atoms with E-state index in [-0.39, 0.29) is 0 Å². The van der Waals surface area contributed by atoms with Crippen molar-refractivity contribution in [2.24, 2.45) is 0 Å². The fourth-order valence-corrected chi connectivity index (χ4v) is 1.83. The number of benzene rings is 1. The number of aryl methyl sites for hydroxylation is 1. The van der Waals surface area contributed by atoms with Crippen molar-refractivity contribution < 1.29 is 4.74 Å². The number of anilines is 1. The fraction of sp³-hybridized carbons (Fsp3) is 0.267. The molecule has 0 radical (unpaired) electrons. The summed E-state index contributed by atoms with van der Waals surface area (Å²) in [6.07, 6.45) is 0. The second kappa shape index (κ2) is 6.17. The van der Waals surface area contributed by atoms with E-state index in [1.807, 2.05) is 25.1 Å². The van der Waals surface area contributed by atoms with Crippen molar-refractivity contribution in [1.82, 2.24) is 4.98 Å². The average molecular weight is 242 g/mol. The Morgan fingerprint density at radius 2 is 1.89 bits per heavy atom. The highest BCUT2D eigenvalue weighted by Gasteiger charge is 1.97. The first-order chi connectivity index (χ1) is 8.78. The molecule has 0 amide bonds. The van der Waals surface area contributed by atoms with E-state index in [1.54, 1.807) is 7.11 Å². The van der Waals surface area contributed by atoms with Gasteiger partial charge in [0.15, 0.2) is 0 Å². The molecule has 0 saturated carbocycles. The van der Waals surface area contributed by atoms with Gasteiger partial charge in [0.05, 0.1) is 6.61 Å². The maximum absolute atomic E-state index is 5.13. The van der Waals surface area contributed by atoms with Gasteiger partial charge in [-0.1, -0.05) is 30.3 Å². The second-order valence-corrected chi connectivity index (χ2v) is 4.27. The van der Waals surface area contributed by atoms with Gasteiger partial charge in [-0.15, -0.1) is 0 Å². The third-order valence-corrected chi connectivity index (χ3v) is 2.66. The summed E-state index contributed by atoms with van der Waals surface area (Å²) >= 11 is 0. The van der Waals surface area contributed by atoms with Crippen molar-refractivity contribution in [2.45, 2.75) is 20.1 Å². The first-order valence-corrected chi connectivity index (χ1v) is 6.02. The SMILES string of the molecule is COCc1cccc(CNc2cccc(C)n2)c1. The van der Waals surface area contributed by atoms with Crippen LogP contribution in [0.3, 0.4) is 0 Å². The Kier molecular flexibility index (Phi) is 4.31. The molecule has 1 heterocycles. The largest absolute Gasteiger partial charge is 0.380 e. The number of nitrogens with one attached hydrogen (secondary N) is 1. The lowest BCUT2D eigenvalue weighted by Gasteiger charge is -2.08. The molecule has 2 rings (SSSR count). The minimum atomic E-state index is 0.649. The van der Waals surface area contributed by atoms with Gasteiger partial charge in [-0.2, -0.15) is 0 Å². The molecule has 0 atom stereocenters. The van der Waals surface area contributed by atoms with Gasteiger partial charge >= 0.3 is 0 Å². The van der Waals surface area contributed by atoms with Crippen LogP contribution >= 0.6 is 0 Å². The van der Waals surface area contributed by atoms with Crippen LogP contribution in [-0.4, -0.2) is 12.1 Å². The van der Waals surface area contributed by atoms with Crippen molar-refractivity contribution in [1.29, 1.82) is 0 Å². The molecule has 1 aromatic carbocycles. The van der Waals surface area contributed by atoms with E-state index >= 15 is 0 Å². The molecule has 0 aliphatic rings. The summed E-state index contributed by atoms with van der Waals surface area (Å²) in [5.74, 6) is 0.909. The topological polar surface area (TPSA) is 34.1 Å². The van der Waals surface area contributed by atoms with Crippen molar-refractivity contribution in [2.75, 3.05) is 12.4 Å². The van der Waals surface area contributed by atoms with Crippen LogP contribution in [0.2, 0.25) is 0 Å². The number of pyridine rings is 1. The van der Waals surface area contributed by atoms with Crippen LogP contribution < -0.4 is 5.32 Å². The third kappa shape index (κ3) is 3.57. The number of aromatic nitrogens is 1. The number of nitrogens with zero attached hydrogens (tertiary/aromatic N) is 1. The summed E-state index contributed by atoms with van der Waals surface area (Å²) in [6.45, 7) is 3.41. The molecule has 0 saturated heterocycles. The highest BCUT2D eigenvalue weighted by Crippen LogP contribution is 2.10. The number of hydrogen-bond acceptors (Lipinski definition) is 3. The molecule has 0 bridgehead atoms. The van der Waals surface area contributed by atoms with Crippen molar-refractivity contribution in [3.8, 4) is 0 Å². The van der Waals surface area contributed by atoms with Crippen molar-refractivity contribution >= 4 is 5.82 Å². The van der Waals surface area contributed by atoms with Crippen LogP contribution in [-0.2, 0) is 17.9 Å². The lowest BCUT2D eigenvalue weighted by molar-refractivity contribution is 0.185. The summed E-state index contributed by atoms with van der Waals surface area (Å²) < 4.78 is 5.13. The smallest absolute Gasteiger partial charge is 0.126 e. The van der Waals surface area contributed by atoms with Crippen LogP contribution in [0.15, 0.2) is 42.5 Å². The zero-order chi connectivity index (χ0) is 12.8. The van der Waals surface area contributed by atoms with E-state index in [2.05, 4.69) is 34.6 Å². The molecule has 18 heavy (non-hydrogen) atoms. The van der Waals surface area contributed by atoms with Gasteiger partial charge in [0.1, 0.15) is 5.82 Å². The molecule has 94 valence electrons. The van der Waals surface area contributed by atoms with E-state index in [0.717, 1.165) is 18.1 Å². The predicted molar refractivity (Wildman–Crippen MR) is 73.5 cm³/mol. The molecule has 0 aliphatic carbocycles. The molecular weight excluding hydrogens is 224 g/mol. The number of rotatable bonds is 5. The number of ether oxygens (including phenoxy) is 1. The Balaban J connectivity index is 1.99. The molecule has 2 aromatic rings. The quantitative estimate of drug-likeness (QED) is 0.874. The zero-order valence-electron chi connectivity index (χ0n) is 10.8. The molecule has 0 unspecified atom stereocenters. The predicted octanol–water partition coefficient (Wildman–Crippen LogP) is 3.15. The first kappa shape index (κ1) is 12.6.